The maximum Gasteiger partial charge on any atom is 0.236 e. The van der Waals surface area contributed by atoms with Crippen LogP contribution in [0.1, 0.15) is 24.2 Å². The van der Waals surface area contributed by atoms with Gasteiger partial charge >= 0.3 is 0 Å². The number of carbonyl (C=O) groups excluding carboxylic acids is 2. The quantitative estimate of drug-likeness (QED) is 0.804. The van der Waals surface area contributed by atoms with Crippen molar-refractivity contribution in [2.45, 2.75) is 13.8 Å². The summed E-state index contributed by atoms with van der Waals surface area (Å²) in [5.74, 6) is -0.102. The smallest absolute Gasteiger partial charge is 0.236 e. The first-order valence-corrected chi connectivity index (χ1v) is 6.09. The van der Waals surface area contributed by atoms with Crippen molar-refractivity contribution in [2.75, 3.05) is 18.0 Å². The van der Waals surface area contributed by atoms with Crippen LogP contribution in [0.4, 0.5) is 5.69 Å². The van der Waals surface area contributed by atoms with E-state index in [0.717, 1.165) is 6.29 Å². The SMILES string of the molecule is CC(C)CN(CC(N)=O)c1cc(Cl)ccc1C=O. The van der Waals surface area contributed by atoms with Crippen LogP contribution in [0, 0.1) is 5.92 Å². The van der Waals surface area contributed by atoms with E-state index in [-0.39, 0.29) is 6.54 Å². The summed E-state index contributed by atoms with van der Waals surface area (Å²) in [6, 6.07) is 4.96. The molecule has 1 aromatic rings. The largest absolute Gasteiger partial charge is 0.368 e. The minimum atomic E-state index is -0.438. The molecule has 2 N–H and O–H groups in total. The number of primary amides is 1. The van der Waals surface area contributed by atoms with E-state index < -0.39 is 5.91 Å². The molecular formula is C13H17ClN2O2. The Balaban J connectivity index is 3.13. The van der Waals surface area contributed by atoms with E-state index >= 15 is 0 Å². The molecule has 0 aromatic heterocycles. The predicted molar refractivity (Wildman–Crippen MR) is 73.1 cm³/mol. The maximum atomic E-state index is 11.1. The number of anilines is 1. The van der Waals surface area contributed by atoms with Crippen molar-refractivity contribution in [1.29, 1.82) is 0 Å². The van der Waals surface area contributed by atoms with Gasteiger partial charge in [-0.15, -0.1) is 0 Å². The van der Waals surface area contributed by atoms with Crippen LogP contribution in [0.3, 0.4) is 0 Å². The highest BCUT2D eigenvalue weighted by Crippen LogP contribution is 2.24. The van der Waals surface area contributed by atoms with Crippen LogP contribution in [-0.4, -0.2) is 25.3 Å². The lowest BCUT2D eigenvalue weighted by Gasteiger charge is -2.26. The van der Waals surface area contributed by atoms with Gasteiger partial charge in [-0.2, -0.15) is 0 Å². The lowest BCUT2D eigenvalue weighted by molar-refractivity contribution is -0.116. The van der Waals surface area contributed by atoms with Crippen molar-refractivity contribution in [2.24, 2.45) is 11.7 Å². The summed E-state index contributed by atoms with van der Waals surface area (Å²) >= 11 is 5.93. The molecule has 98 valence electrons. The fourth-order valence-electron chi connectivity index (χ4n) is 1.77. The number of nitrogens with zero attached hydrogens (tertiary/aromatic N) is 1. The molecule has 0 saturated carbocycles. The molecule has 0 aliphatic heterocycles. The number of hydrogen-bond acceptors (Lipinski definition) is 3. The summed E-state index contributed by atoms with van der Waals surface area (Å²) in [6.45, 7) is 4.75. The highest BCUT2D eigenvalue weighted by atomic mass is 35.5. The number of rotatable bonds is 6. The van der Waals surface area contributed by atoms with Crippen LogP contribution >= 0.6 is 11.6 Å². The molecule has 0 bridgehead atoms. The normalized spacial score (nSPS) is 10.4. The van der Waals surface area contributed by atoms with Crippen LogP contribution in [0.2, 0.25) is 5.02 Å². The van der Waals surface area contributed by atoms with Crippen molar-refractivity contribution in [3.05, 3.63) is 28.8 Å². The summed E-state index contributed by atoms with van der Waals surface area (Å²) in [5.41, 5.74) is 6.38. The number of halogens is 1. The second-order valence-corrected chi connectivity index (χ2v) is 5.00. The molecule has 0 atom stereocenters. The van der Waals surface area contributed by atoms with E-state index in [0.29, 0.717) is 28.7 Å². The zero-order valence-corrected chi connectivity index (χ0v) is 11.3. The molecule has 0 spiro atoms. The molecule has 0 fully saturated rings. The summed E-state index contributed by atoms with van der Waals surface area (Å²) in [7, 11) is 0. The van der Waals surface area contributed by atoms with Crippen LogP contribution in [0.15, 0.2) is 18.2 Å². The van der Waals surface area contributed by atoms with Crippen molar-refractivity contribution in [3.63, 3.8) is 0 Å². The van der Waals surface area contributed by atoms with Crippen molar-refractivity contribution < 1.29 is 9.59 Å². The Morgan fingerprint density at radius 2 is 2.17 bits per heavy atom. The number of amides is 1. The second-order valence-electron chi connectivity index (χ2n) is 4.56. The number of carbonyl (C=O) groups is 2. The Kier molecular flexibility index (Phi) is 5.16. The van der Waals surface area contributed by atoms with Crippen LogP contribution in [0.5, 0.6) is 0 Å². The van der Waals surface area contributed by atoms with Crippen LogP contribution < -0.4 is 10.6 Å². The lowest BCUT2D eigenvalue weighted by Crippen LogP contribution is -2.36. The van der Waals surface area contributed by atoms with Crippen molar-refractivity contribution in [1.82, 2.24) is 0 Å². The Morgan fingerprint density at radius 3 is 2.67 bits per heavy atom. The first kappa shape index (κ1) is 14.5. The third kappa shape index (κ3) is 4.04. The van der Waals surface area contributed by atoms with Gasteiger partial charge in [0, 0.05) is 22.8 Å². The van der Waals surface area contributed by atoms with Crippen LogP contribution in [0.25, 0.3) is 0 Å². The van der Waals surface area contributed by atoms with Gasteiger partial charge in [-0.3, -0.25) is 9.59 Å². The molecule has 0 unspecified atom stereocenters. The van der Waals surface area contributed by atoms with Gasteiger partial charge in [0.15, 0.2) is 6.29 Å². The highest BCUT2D eigenvalue weighted by Gasteiger charge is 2.15. The molecule has 1 amide bonds. The Labute approximate surface area is 112 Å². The fraction of sp³-hybridized carbons (Fsp3) is 0.385. The molecule has 5 heteroatoms. The minimum absolute atomic E-state index is 0.0688. The van der Waals surface area contributed by atoms with Gasteiger partial charge in [0.2, 0.25) is 5.91 Å². The van der Waals surface area contributed by atoms with E-state index in [4.69, 9.17) is 17.3 Å². The molecular weight excluding hydrogens is 252 g/mol. The Bertz CT molecular complexity index is 447. The molecule has 1 rings (SSSR count). The first-order valence-electron chi connectivity index (χ1n) is 5.72. The monoisotopic (exact) mass is 268 g/mol. The third-order valence-corrected chi connectivity index (χ3v) is 2.63. The predicted octanol–water partition coefficient (Wildman–Crippen LogP) is 2.10. The number of nitrogens with two attached hydrogens (primary N) is 1. The summed E-state index contributed by atoms with van der Waals surface area (Å²) in [4.78, 5) is 23.9. The van der Waals surface area contributed by atoms with Gasteiger partial charge < -0.3 is 10.6 Å². The third-order valence-electron chi connectivity index (χ3n) is 2.39. The standard InChI is InChI=1S/C13H17ClN2O2/c1-9(2)6-16(7-13(15)18)12-5-11(14)4-3-10(12)8-17/h3-5,8-9H,6-7H2,1-2H3,(H2,15,18). The summed E-state index contributed by atoms with van der Waals surface area (Å²) in [6.07, 6.45) is 0.750. The number of hydrogen-bond donors (Lipinski definition) is 1. The van der Waals surface area contributed by atoms with Gasteiger partial charge in [0.1, 0.15) is 0 Å². The van der Waals surface area contributed by atoms with Crippen LogP contribution in [-0.2, 0) is 4.79 Å². The number of aldehydes is 1. The molecule has 0 radical (unpaired) electrons. The van der Waals surface area contributed by atoms with E-state index in [2.05, 4.69) is 0 Å². The first-order chi connectivity index (χ1) is 8.43. The Morgan fingerprint density at radius 1 is 1.50 bits per heavy atom. The molecule has 0 aliphatic rings. The van der Waals surface area contributed by atoms with E-state index in [1.807, 2.05) is 13.8 Å². The molecule has 4 nitrogen and oxygen atoms in total. The second kappa shape index (κ2) is 6.40. The van der Waals surface area contributed by atoms with Crippen molar-refractivity contribution in [3.8, 4) is 0 Å². The van der Waals surface area contributed by atoms with Gasteiger partial charge in [-0.1, -0.05) is 25.4 Å². The number of benzene rings is 1. The van der Waals surface area contributed by atoms with E-state index in [1.54, 1.807) is 23.1 Å². The van der Waals surface area contributed by atoms with E-state index in [9.17, 15) is 9.59 Å². The molecule has 0 heterocycles. The average Bonchev–Trinajstić information content (AvgIpc) is 2.26. The lowest BCUT2D eigenvalue weighted by atomic mass is 10.1. The minimum Gasteiger partial charge on any atom is -0.368 e. The summed E-state index contributed by atoms with van der Waals surface area (Å²) in [5, 5.41) is 0.522. The average molecular weight is 269 g/mol. The molecule has 18 heavy (non-hydrogen) atoms. The molecule has 0 saturated heterocycles. The highest BCUT2D eigenvalue weighted by molar-refractivity contribution is 6.31. The fourth-order valence-corrected chi connectivity index (χ4v) is 1.93. The van der Waals surface area contributed by atoms with Gasteiger partial charge in [-0.05, 0) is 24.1 Å². The van der Waals surface area contributed by atoms with E-state index in [1.165, 1.54) is 0 Å². The van der Waals surface area contributed by atoms with Gasteiger partial charge in [-0.25, -0.2) is 0 Å². The summed E-state index contributed by atoms with van der Waals surface area (Å²) < 4.78 is 0. The topological polar surface area (TPSA) is 63.4 Å². The molecule has 0 aliphatic carbocycles. The van der Waals surface area contributed by atoms with Crippen molar-refractivity contribution >= 4 is 29.5 Å². The van der Waals surface area contributed by atoms with Gasteiger partial charge in [0.25, 0.3) is 0 Å². The van der Waals surface area contributed by atoms with Gasteiger partial charge in [0.05, 0.1) is 6.54 Å². The zero-order valence-electron chi connectivity index (χ0n) is 10.5. The Hall–Kier alpha value is -1.55. The molecule has 1 aromatic carbocycles. The maximum absolute atomic E-state index is 11.1. The zero-order chi connectivity index (χ0) is 13.7.